The van der Waals surface area contributed by atoms with Crippen molar-refractivity contribution in [1.29, 1.82) is 0 Å². The monoisotopic (exact) mass is 585 g/mol. The first-order valence-electron chi connectivity index (χ1n) is 9.57. The van der Waals surface area contributed by atoms with Crippen molar-refractivity contribution in [3.05, 3.63) is 55.8 Å². The number of pyridine rings is 1. The van der Waals surface area contributed by atoms with Gasteiger partial charge in [0.05, 0.1) is 18.5 Å². The number of sulfone groups is 1. The van der Waals surface area contributed by atoms with Gasteiger partial charge in [0.2, 0.25) is 9.84 Å². The van der Waals surface area contributed by atoms with Crippen LogP contribution in [0.15, 0.2) is 46.5 Å². The molecule has 1 aromatic carbocycles. The Bertz CT molecular complexity index is 1420. The summed E-state index contributed by atoms with van der Waals surface area (Å²) in [5.41, 5.74) is 1.06. The van der Waals surface area contributed by atoms with E-state index >= 15 is 0 Å². The highest BCUT2D eigenvalue weighted by Gasteiger charge is 2.39. The molecule has 10 heteroatoms. The minimum absolute atomic E-state index is 0.0549. The molecule has 0 atom stereocenters. The molecule has 3 heterocycles. The summed E-state index contributed by atoms with van der Waals surface area (Å²) in [6, 6.07) is 8.48. The Morgan fingerprint density at radius 2 is 1.97 bits per heavy atom. The largest absolute Gasteiger partial charge is 0.383 e. The third-order valence-electron chi connectivity index (χ3n) is 5.57. The summed E-state index contributed by atoms with van der Waals surface area (Å²) < 4.78 is 27.6. The number of halogens is 2. The van der Waals surface area contributed by atoms with Crippen molar-refractivity contribution < 1.29 is 13.5 Å². The van der Waals surface area contributed by atoms with Crippen LogP contribution in [0.5, 0.6) is 0 Å². The number of nitrogens with zero attached hydrogens (tertiary/aromatic N) is 2. The van der Waals surface area contributed by atoms with Gasteiger partial charge in [-0.15, -0.1) is 11.3 Å². The number of aromatic nitrogens is 3. The van der Waals surface area contributed by atoms with E-state index in [0.717, 1.165) is 15.7 Å². The number of nitrogens with one attached hydrogen (secondary N) is 1. The molecular weight excluding hydrogens is 569 g/mol. The summed E-state index contributed by atoms with van der Waals surface area (Å²) in [7, 11) is -3.94. The molecule has 5 rings (SSSR count). The molecule has 2 N–H and O–H groups in total. The molecule has 4 aromatic rings. The molecule has 0 unspecified atom stereocenters. The van der Waals surface area contributed by atoms with Crippen LogP contribution in [0.25, 0.3) is 21.5 Å². The average Bonchev–Trinajstić information content (AvgIpc) is 3.32. The van der Waals surface area contributed by atoms with E-state index in [1.165, 1.54) is 11.3 Å². The Morgan fingerprint density at radius 3 is 2.61 bits per heavy atom. The van der Waals surface area contributed by atoms with Crippen LogP contribution in [0.1, 0.15) is 29.8 Å². The first kappa shape index (κ1) is 21.3. The lowest BCUT2D eigenvalue weighted by Gasteiger charge is -2.34. The minimum Gasteiger partial charge on any atom is -0.383 e. The molecule has 0 radical (unpaired) electrons. The second-order valence-electron chi connectivity index (χ2n) is 7.72. The van der Waals surface area contributed by atoms with Gasteiger partial charge in [0.25, 0.3) is 0 Å². The van der Waals surface area contributed by atoms with Gasteiger partial charge in [-0.3, -0.25) is 0 Å². The molecule has 6 nitrogen and oxygen atoms in total. The van der Waals surface area contributed by atoms with Gasteiger partial charge >= 0.3 is 0 Å². The normalized spacial score (nSPS) is 15.9. The summed E-state index contributed by atoms with van der Waals surface area (Å²) >= 11 is 10.2. The lowest BCUT2D eigenvalue weighted by Crippen LogP contribution is -2.33. The zero-order valence-electron chi connectivity index (χ0n) is 16.3. The Kier molecular flexibility index (Phi) is 5.17. The van der Waals surface area contributed by atoms with E-state index in [2.05, 4.69) is 37.5 Å². The number of hydrogen-bond donors (Lipinski definition) is 2. The summed E-state index contributed by atoms with van der Waals surface area (Å²) in [6.45, 7) is 1.89. The van der Waals surface area contributed by atoms with E-state index in [1.807, 2.05) is 13.0 Å². The Hall–Kier alpha value is -1.53. The molecule has 31 heavy (non-hydrogen) atoms. The minimum atomic E-state index is -3.94. The molecule has 3 aromatic heterocycles. The first-order valence-corrected chi connectivity index (χ1v) is 13.3. The van der Waals surface area contributed by atoms with E-state index in [4.69, 9.17) is 11.6 Å². The maximum absolute atomic E-state index is 13.4. The zero-order chi connectivity index (χ0) is 22.0. The van der Waals surface area contributed by atoms with Crippen molar-refractivity contribution >= 4 is 66.4 Å². The number of benzene rings is 1. The summed E-state index contributed by atoms with van der Waals surface area (Å²) in [6.07, 6.45) is 3.96. The number of rotatable bonds is 4. The van der Waals surface area contributed by atoms with Gasteiger partial charge in [-0.05, 0) is 67.0 Å². The fourth-order valence-corrected chi connectivity index (χ4v) is 7.21. The van der Waals surface area contributed by atoms with Crippen LogP contribution >= 0.6 is 45.5 Å². The van der Waals surface area contributed by atoms with E-state index in [9.17, 15) is 13.5 Å². The molecule has 1 aliphatic carbocycles. The Labute approximate surface area is 201 Å². The van der Waals surface area contributed by atoms with Gasteiger partial charge in [-0.2, -0.15) is 0 Å². The van der Waals surface area contributed by atoms with Crippen molar-refractivity contribution in [1.82, 2.24) is 15.0 Å². The van der Waals surface area contributed by atoms with Gasteiger partial charge in [0.1, 0.15) is 16.3 Å². The van der Waals surface area contributed by atoms with Crippen molar-refractivity contribution in [3.8, 4) is 10.4 Å². The summed E-state index contributed by atoms with van der Waals surface area (Å²) in [5.74, 6) is 0. The number of thiazole rings is 1. The molecule has 0 amide bonds. The van der Waals surface area contributed by atoms with Crippen molar-refractivity contribution in [3.63, 3.8) is 0 Å². The first-order chi connectivity index (χ1) is 14.7. The summed E-state index contributed by atoms with van der Waals surface area (Å²) in [4.78, 5) is 12.8. The Balaban J connectivity index is 1.74. The number of H-pyrrole nitrogens is 1. The number of aliphatic hydroxyl groups is 1. The highest BCUT2D eigenvalue weighted by atomic mass is 127. The number of aromatic amines is 1. The zero-order valence-corrected chi connectivity index (χ0v) is 20.9. The van der Waals surface area contributed by atoms with Crippen LogP contribution in [0.4, 0.5) is 0 Å². The lowest BCUT2D eigenvalue weighted by atomic mass is 9.81. The molecule has 1 aliphatic rings. The van der Waals surface area contributed by atoms with Crippen molar-refractivity contribution in [2.45, 2.75) is 41.7 Å². The molecule has 0 aliphatic heterocycles. The van der Waals surface area contributed by atoms with Crippen molar-refractivity contribution in [2.24, 2.45) is 0 Å². The third kappa shape index (κ3) is 3.50. The standard InChI is InChI=1S/C21H17ClIN3O3S2/c1-11-3-5-12(6-4-11)31(28,29)19-17(22)16(13-9-15(23)25-18(13)26-19)14-10-24-20(30-14)21(27)7-2-8-21/h3-6,9-10,27H,2,7-8H2,1H3,(H,25,26). The van der Waals surface area contributed by atoms with E-state index < -0.39 is 15.4 Å². The molecule has 160 valence electrons. The average molecular weight is 586 g/mol. The van der Waals surface area contributed by atoms with Gasteiger partial charge < -0.3 is 10.1 Å². The fraction of sp³-hybridized carbons (Fsp3) is 0.238. The van der Waals surface area contributed by atoms with Crippen LogP contribution in [-0.4, -0.2) is 28.5 Å². The topological polar surface area (TPSA) is 95.9 Å². The molecule has 0 saturated heterocycles. The fourth-order valence-electron chi connectivity index (χ4n) is 3.64. The lowest BCUT2D eigenvalue weighted by molar-refractivity contribution is -0.0389. The van der Waals surface area contributed by atoms with E-state index in [-0.39, 0.29) is 14.9 Å². The van der Waals surface area contributed by atoms with Gasteiger partial charge in [-0.1, -0.05) is 29.3 Å². The third-order valence-corrected chi connectivity index (χ3v) is 9.54. The predicted molar refractivity (Wildman–Crippen MR) is 129 cm³/mol. The van der Waals surface area contributed by atoms with E-state index in [0.29, 0.717) is 39.3 Å². The van der Waals surface area contributed by atoms with E-state index in [1.54, 1.807) is 30.5 Å². The number of fused-ring (bicyclic) bond motifs is 1. The smallest absolute Gasteiger partial charge is 0.225 e. The Morgan fingerprint density at radius 1 is 1.26 bits per heavy atom. The highest BCUT2D eigenvalue weighted by Crippen LogP contribution is 2.47. The second kappa shape index (κ2) is 7.51. The number of hydrogen-bond acceptors (Lipinski definition) is 6. The van der Waals surface area contributed by atoms with Gasteiger partial charge in [-0.25, -0.2) is 18.4 Å². The maximum atomic E-state index is 13.4. The maximum Gasteiger partial charge on any atom is 0.225 e. The molecule has 0 spiro atoms. The molecule has 0 bridgehead atoms. The quantitative estimate of drug-likeness (QED) is 0.310. The van der Waals surface area contributed by atoms with Gasteiger partial charge in [0.15, 0.2) is 5.03 Å². The van der Waals surface area contributed by atoms with Crippen molar-refractivity contribution in [2.75, 3.05) is 0 Å². The van der Waals surface area contributed by atoms with Crippen LogP contribution < -0.4 is 0 Å². The van der Waals surface area contributed by atoms with Crippen LogP contribution in [0.2, 0.25) is 5.02 Å². The molecular formula is C21H17ClIN3O3S2. The number of aryl methyl sites for hydroxylation is 1. The van der Waals surface area contributed by atoms with Gasteiger partial charge in [0, 0.05) is 17.1 Å². The molecule has 1 fully saturated rings. The van der Waals surface area contributed by atoms with Crippen LogP contribution in [-0.2, 0) is 15.4 Å². The molecule has 1 saturated carbocycles. The highest BCUT2D eigenvalue weighted by molar-refractivity contribution is 14.1. The summed E-state index contributed by atoms with van der Waals surface area (Å²) in [5, 5.41) is 11.9. The predicted octanol–water partition coefficient (Wildman–Crippen LogP) is 5.46. The SMILES string of the molecule is Cc1ccc(S(=O)(=O)c2nc3[nH]c(I)cc3c(-c3cnc(C4(O)CCC4)s3)c2Cl)cc1. The van der Waals surface area contributed by atoms with Crippen LogP contribution in [0.3, 0.4) is 0 Å². The second-order valence-corrected chi connectivity index (χ2v) is 12.2. The van der Waals surface area contributed by atoms with Crippen LogP contribution in [0, 0.1) is 10.6 Å².